The van der Waals surface area contributed by atoms with E-state index >= 15 is 0 Å². The average Bonchev–Trinajstić information content (AvgIpc) is 2.84. The molecule has 0 fully saturated rings. The van der Waals surface area contributed by atoms with Crippen LogP contribution in [0.15, 0.2) is 66.7 Å². The maximum absolute atomic E-state index is 5.65. The van der Waals surface area contributed by atoms with E-state index in [0.29, 0.717) is 13.1 Å². The van der Waals surface area contributed by atoms with Gasteiger partial charge in [-0.1, -0.05) is 54.4 Å². The molecule has 0 saturated heterocycles. The van der Waals surface area contributed by atoms with Crippen molar-refractivity contribution in [2.45, 2.75) is 25.3 Å². The van der Waals surface area contributed by atoms with Gasteiger partial charge in [0.2, 0.25) is 0 Å². The van der Waals surface area contributed by atoms with E-state index in [9.17, 15) is 0 Å². The first kappa shape index (κ1) is 23.8. The Labute approximate surface area is 195 Å². The summed E-state index contributed by atoms with van der Waals surface area (Å²) >= 11 is 1.81. The van der Waals surface area contributed by atoms with Gasteiger partial charge in [0, 0.05) is 41.6 Å². The summed E-state index contributed by atoms with van der Waals surface area (Å²) in [6.07, 6.45) is 0. The number of methoxy groups -OCH3 is 4. The van der Waals surface area contributed by atoms with E-state index in [-0.39, 0.29) is 5.25 Å². The first-order valence-electron chi connectivity index (χ1n) is 10.5. The molecule has 5 nitrogen and oxygen atoms in total. The second-order valence-corrected chi connectivity index (χ2v) is 8.75. The number of hydrogen-bond acceptors (Lipinski definition) is 6. The first-order chi connectivity index (χ1) is 15.6. The zero-order chi connectivity index (χ0) is 22.9. The Kier molecular flexibility index (Phi) is 8.71. The topological polar surface area (TPSA) is 40.2 Å². The molecule has 0 aliphatic rings. The highest BCUT2D eigenvalue weighted by Gasteiger charge is 2.18. The summed E-state index contributed by atoms with van der Waals surface area (Å²) in [6.45, 7) is 3.62. The minimum Gasteiger partial charge on any atom is -0.497 e. The van der Waals surface area contributed by atoms with Crippen LogP contribution >= 0.6 is 11.9 Å². The summed E-state index contributed by atoms with van der Waals surface area (Å²) in [5.41, 5.74) is 3.47. The highest BCUT2D eigenvalue weighted by Crippen LogP contribution is 2.37. The smallest absolute Gasteiger partial charge is 0.127 e. The van der Waals surface area contributed by atoms with Gasteiger partial charge in [-0.3, -0.25) is 0 Å². The Hall–Kier alpha value is -2.83. The van der Waals surface area contributed by atoms with E-state index in [1.54, 1.807) is 40.4 Å². The molecule has 0 saturated carbocycles. The van der Waals surface area contributed by atoms with Crippen molar-refractivity contribution in [3.8, 4) is 23.0 Å². The molecule has 0 aliphatic heterocycles. The molecule has 3 rings (SSSR count). The number of benzene rings is 3. The fourth-order valence-electron chi connectivity index (χ4n) is 3.48. The lowest BCUT2D eigenvalue weighted by atomic mass is 10.1. The molecule has 0 heterocycles. The minimum atomic E-state index is 0.282. The van der Waals surface area contributed by atoms with Gasteiger partial charge in [0.25, 0.3) is 0 Å². The molecule has 0 aliphatic carbocycles. The van der Waals surface area contributed by atoms with Crippen LogP contribution in [0.3, 0.4) is 0 Å². The van der Waals surface area contributed by atoms with Gasteiger partial charge >= 0.3 is 0 Å². The van der Waals surface area contributed by atoms with E-state index in [4.69, 9.17) is 18.9 Å². The monoisotopic (exact) mass is 453 g/mol. The fourth-order valence-corrected chi connectivity index (χ4v) is 4.64. The second-order valence-electron chi connectivity index (χ2n) is 7.31. The Morgan fingerprint density at radius 1 is 0.688 bits per heavy atom. The maximum Gasteiger partial charge on any atom is 0.127 e. The molecular weight excluding hydrogens is 422 g/mol. The fraction of sp³-hybridized carbons (Fsp3) is 0.308. The zero-order valence-corrected chi connectivity index (χ0v) is 20.1. The van der Waals surface area contributed by atoms with E-state index in [0.717, 1.165) is 34.1 Å². The number of ether oxygens (including phenoxy) is 4. The summed E-state index contributed by atoms with van der Waals surface area (Å²) in [5.74, 6) is 3.17. The van der Waals surface area contributed by atoms with Gasteiger partial charge in [0.1, 0.15) is 23.0 Å². The molecule has 0 radical (unpaired) electrons. The van der Waals surface area contributed by atoms with Crippen LogP contribution in [0, 0.1) is 0 Å². The third kappa shape index (κ3) is 6.11. The normalized spacial score (nSPS) is 11.8. The van der Waals surface area contributed by atoms with Crippen molar-refractivity contribution in [3.63, 3.8) is 0 Å². The lowest BCUT2D eigenvalue weighted by molar-refractivity contribution is 0.372. The molecule has 0 bridgehead atoms. The van der Waals surface area contributed by atoms with Crippen LogP contribution < -0.4 is 18.9 Å². The van der Waals surface area contributed by atoms with Gasteiger partial charge in [-0.15, -0.1) is 0 Å². The molecule has 32 heavy (non-hydrogen) atoms. The average molecular weight is 454 g/mol. The van der Waals surface area contributed by atoms with Crippen molar-refractivity contribution in [2.24, 2.45) is 0 Å². The Morgan fingerprint density at radius 2 is 1.19 bits per heavy atom. The standard InChI is InChI=1S/C26H31NO4S/c1-19(20-9-7-6-8-10-20)32-27(17-21-11-13-23(28-2)15-25(21)30-4)18-22-12-14-24(29-3)16-26(22)31-5/h6-16,19H,17-18H2,1-5H3. The molecule has 0 aromatic heterocycles. The van der Waals surface area contributed by atoms with Crippen LogP contribution in [0.5, 0.6) is 23.0 Å². The molecule has 0 amide bonds. The van der Waals surface area contributed by atoms with Gasteiger partial charge in [-0.2, -0.15) is 0 Å². The van der Waals surface area contributed by atoms with Crippen molar-refractivity contribution < 1.29 is 18.9 Å². The van der Waals surface area contributed by atoms with Crippen molar-refractivity contribution in [2.75, 3.05) is 28.4 Å². The quantitative estimate of drug-likeness (QED) is 0.325. The van der Waals surface area contributed by atoms with Gasteiger partial charge < -0.3 is 18.9 Å². The summed E-state index contributed by atoms with van der Waals surface area (Å²) in [6, 6.07) is 22.4. The Balaban J connectivity index is 1.89. The minimum absolute atomic E-state index is 0.282. The van der Waals surface area contributed by atoms with Gasteiger partial charge in [-0.05, 0) is 24.6 Å². The molecule has 6 heteroatoms. The first-order valence-corrected chi connectivity index (χ1v) is 11.3. The molecule has 170 valence electrons. The van der Waals surface area contributed by atoms with Crippen molar-refractivity contribution >= 4 is 11.9 Å². The number of hydrogen-bond donors (Lipinski definition) is 0. The lowest BCUT2D eigenvalue weighted by Gasteiger charge is -2.26. The van der Waals surface area contributed by atoms with Crippen molar-refractivity contribution in [1.29, 1.82) is 0 Å². The largest absolute Gasteiger partial charge is 0.497 e. The van der Waals surface area contributed by atoms with E-state index in [1.165, 1.54) is 5.56 Å². The van der Waals surface area contributed by atoms with Crippen LogP contribution in [0.1, 0.15) is 28.9 Å². The SMILES string of the molecule is COc1ccc(CN(Cc2ccc(OC)cc2OC)SC(C)c2ccccc2)c(OC)c1. The number of nitrogens with zero attached hydrogens (tertiary/aromatic N) is 1. The number of rotatable bonds is 11. The van der Waals surface area contributed by atoms with Crippen LogP contribution in [0.2, 0.25) is 0 Å². The summed E-state index contributed by atoms with van der Waals surface area (Å²) in [7, 11) is 6.70. The predicted octanol–water partition coefficient (Wildman–Crippen LogP) is 6.13. The Bertz CT molecular complexity index is 939. The van der Waals surface area contributed by atoms with Crippen LogP contribution in [-0.4, -0.2) is 32.7 Å². The maximum atomic E-state index is 5.65. The highest BCUT2D eigenvalue weighted by molar-refractivity contribution is 7.97. The van der Waals surface area contributed by atoms with Crippen LogP contribution in [0.4, 0.5) is 0 Å². The van der Waals surface area contributed by atoms with Gasteiger partial charge in [0.15, 0.2) is 0 Å². The predicted molar refractivity (Wildman–Crippen MR) is 131 cm³/mol. The third-order valence-corrected chi connectivity index (χ3v) is 6.40. The van der Waals surface area contributed by atoms with Gasteiger partial charge in [-0.25, -0.2) is 4.31 Å². The van der Waals surface area contributed by atoms with E-state index in [1.807, 2.05) is 30.3 Å². The van der Waals surface area contributed by atoms with E-state index < -0.39 is 0 Å². The molecule has 0 spiro atoms. The van der Waals surface area contributed by atoms with Crippen LogP contribution in [-0.2, 0) is 13.1 Å². The summed E-state index contributed by atoms with van der Waals surface area (Å²) < 4.78 is 24.4. The van der Waals surface area contributed by atoms with Gasteiger partial charge in [0.05, 0.1) is 28.4 Å². The highest BCUT2D eigenvalue weighted by atomic mass is 32.2. The molecule has 3 aromatic rings. The van der Waals surface area contributed by atoms with Crippen molar-refractivity contribution in [1.82, 2.24) is 4.31 Å². The van der Waals surface area contributed by atoms with Crippen molar-refractivity contribution in [3.05, 3.63) is 83.4 Å². The molecule has 1 unspecified atom stereocenters. The summed E-state index contributed by atoms with van der Waals surface area (Å²) in [4.78, 5) is 0. The molecule has 1 atom stereocenters. The zero-order valence-electron chi connectivity index (χ0n) is 19.3. The van der Waals surface area contributed by atoms with Crippen LogP contribution in [0.25, 0.3) is 0 Å². The summed E-state index contributed by atoms with van der Waals surface area (Å²) in [5, 5.41) is 0.282. The molecule has 0 N–H and O–H groups in total. The molecular formula is C26H31NO4S. The lowest BCUT2D eigenvalue weighted by Crippen LogP contribution is -2.17. The third-order valence-electron chi connectivity index (χ3n) is 5.26. The second kappa shape index (κ2) is 11.7. The Morgan fingerprint density at radius 3 is 1.62 bits per heavy atom. The van der Waals surface area contributed by atoms with E-state index in [2.05, 4.69) is 47.6 Å². The molecule has 3 aromatic carbocycles.